The number of hydrogen-bond acceptors (Lipinski definition) is 2. The molecule has 136 valence electrons. The van der Waals surface area contributed by atoms with E-state index in [4.69, 9.17) is 0 Å². The van der Waals surface area contributed by atoms with E-state index in [1.54, 1.807) is 19.2 Å². The first-order chi connectivity index (χ1) is 12.5. The summed E-state index contributed by atoms with van der Waals surface area (Å²) in [5, 5.41) is 5.74. The van der Waals surface area contributed by atoms with Gasteiger partial charge in [0.2, 0.25) is 5.91 Å². The second-order valence-corrected chi connectivity index (χ2v) is 7.68. The van der Waals surface area contributed by atoms with Crippen LogP contribution in [0, 0.1) is 0 Å². The van der Waals surface area contributed by atoms with Crippen LogP contribution in [0.5, 0.6) is 0 Å². The Bertz CT molecular complexity index is 779. The van der Waals surface area contributed by atoms with Crippen molar-refractivity contribution in [3.05, 3.63) is 64.1 Å². The van der Waals surface area contributed by atoms with Gasteiger partial charge in [-0.15, -0.1) is 0 Å². The minimum absolute atomic E-state index is 0.0869. The fraction of sp³-hybridized carbons (Fsp3) is 0.333. The molecule has 2 N–H and O–H groups in total. The van der Waals surface area contributed by atoms with Gasteiger partial charge in [-0.25, -0.2) is 0 Å². The van der Waals surface area contributed by atoms with Crippen LogP contribution in [0.3, 0.4) is 0 Å². The number of carbonyl (C=O) groups is 2. The van der Waals surface area contributed by atoms with Gasteiger partial charge < -0.3 is 10.6 Å². The molecule has 1 fully saturated rings. The van der Waals surface area contributed by atoms with E-state index < -0.39 is 5.41 Å². The highest BCUT2D eigenvalue weighted by atomic mass is 79.9. The fourth-order valence-corrected chi connectivity index (χ4v) is 3.98. The van der Waals surface area contributed by atoms with E-state index in [0.717, 1.165) is 41.4 Å². The van der Waals surface area contributed by atoms with Crippen molar-refractivity contribution in [3.63, 3.8) is 0 Å². The lowest BCUT2D eigenvalue weighted by molar-refractivity contribution is -0.127. The lowest BCUT2D eigenvalue weighted by Crippen LogP contribution is -2.44. The molecule has 0 bridgehead atoms. The van der Waals surface area contributed by atoms with Crippen molar-refractivity contribution in [1.82, 2.24) is 5.32 Å². The zero-order valence-electron chi connectivity index (χ0n) is 14.8. The van der Waals surface area contributed by atoms with Crippen molar-refractivity contribution < 1.29 is 9.59 Å². The van der Waals surface area contributed by atoms with Gasteiger partial charge in [-0.3, -0.25) is 9.59 Å². The quantitative estimate of drug-likeness (QED) is 0.764. The maximum Gasteiger partial charge on any atom is 0.255 e. The van der Waals surface area contributed by atoms with Crippen LogP contribution in [0.1, 0.15) is 48.0 Å². The van der Waals surface area contributed by atoms with Crippen LogP contribution in [-0.2, 0) is 10.2 Å². The van der Waals surface area contributed by atoms with E-state index >= 15 is 0 Å². The number of benzene rings is 2. The summed E-state index contributed by atoms with van der Waals surface area (Å²) < 4.78 is 0.936. The Balaban J connectivity index is 1.77. The van der Waals surface area contributed by atoms with Crippen LogP contribution < -0.4 is 10.6 Å². The Morgan fingerprint density at radius 2 is 1.54 bits per heavy atom. The Morgan fingerprint density at radius 1 is 0.923 bits per heavy atom. The monoisotopic (exact) mass is 414 g/mol. The molecule has 0 saturated heterocycles. The third-order valence-electron chi connectivity index (χ3n) is 5.17. The molecular formula is C21H23BrN2O2. The average Bonchev–Trinajstić information content (AvgIpc) is 2.69. The van der Waals surface area contributed by atoms with Crippen molar-refractivity contribution in [3.8, 4) is 0 Å². The Morgan fingerprint density at radius 3 is 2.12 bits per heavy atom. The van der Waals surface area contributed by atoms with Gasteiger partial charge >= 0.3 is 0 Å². The predicted octanol–water partition coefficient (Wildman–Crippen LogP) is 4.65. The molecule has 2 amide bonds. The molecule has 0 radical (unpaired) electrons. The maximum atomic E-state index is 12.6. The number of likely N-dealkylation sites (N-methyl/N-ethyl adjacent to an activating group) is 1. The molecule has 1 aliphatic carbocycles. The SMILES string of the molecule is CNC(=O)C1(c2ccc(NC(=O)c3ccc(Br)cc3)cc2)CCCCC1. The minimum atomic E-state index is -0.443. The van der Waals surface area contributed by atoms with Gasteiger partial charge in [0.15, 0.2) is 0 Å². The molecule has 2 aromatic rings. The molecule has 0 heterocycles. The normalized spacial score (nSPS) is 15.9. The predicted molar refractivity (Wildman–Crippen MR) is 107 cm³/mol. The summed E-state index contributed by atoms with van der Waals surface area (Å²) in [5.74, 6) is -0.0622. The second kappa shape index (κ2) is 8.04. The van der Waals surface area contributed by atoms with Crippen LogP contribution in [0.4, 0.5) is 5.69 Å². The van der Waals surface area contributed by atoms with Crippen molar-refractivity contribution in [1.29, 1.82) is 0 Å². The largest absolute Gasteiger partial charge is 0.358 e. The lowest BCUT2D eigenvalue weighted by atomic mass is 9.68. The van der Waals surface area contributed by atoms with Gasteiger partial charge in [0.25, 0.3) is 5.91 Å². The maximum absolute atomic E-state index is 12.6. The molecule has 0 aromatic heterocycles. The topological polar surface area (TPSA) is 58.2 Å². The summed E-state index contributed by atoms with van der Waals surface area (Å²) in [4.78, 5) is 24.9. The van der Waals surface area contributed by atoms with E-state index in [9.17, 15) is 9.59 Å². The van der Waals surface area contributed by atoms with Crippen molar-refractivity contribution in [2.24, 2.45) is 0 Å². The van der Waals surface area contributed by atoms with E-state index in [-0.39, 0.29) is 11.8 Å². The van der Waals surface area contributed by atoms with E-state index in [1.807, 2.05) is 36.4 Å². The molecular weight excluding hydrogens is 392 g/mol. The first-order valence-electron chi connectivity index (χ1n) is 8.95. The zero-order chi connectivity index (χ0) is 18.6. The van der Waals surface area contributed by atoms with Crippen LogP contribution in [-0.4, -0.2) is 18.9 Å². The summed E-state index contributed by atoms with van der Waals surface area (Å²) in [6.07, 6.45) is 5.06. The van der Waals surface area contributed by atoms with Gasteiger partial charge in [0.1, 0.15) is 0 Å². The molecule has 5 heteroatoms. The number of halogens is 1. The zero-order valence-corrected chi connectivity index (χ0v) is 16.4. The standard InChI is InChI=1S/C21H23BrN2O2/c1-23-20(26)21(13-3-2-4-14-21)16-7-11-18(12-8-16)24-19(25)15-5-9-17(22)10-6-15/h5-12H,2-4,13-14H2,1H3,(H,23,26)(H,24,25). The molecule has 0 atom stereocenters. The van der Waals surface area contributed by atoms with Crippen molar-refractivity contribution >= 4 is 33.4 Å². The minimum Gasteiger partial charge on any atom is -0.358 e. The number of anilines is 1. The van der Waals surface area contributed by atoms with E-state index in [2.05, 4.69) is 26.6 Å². The lowest BCUT2D eigenvalue weighted by Gasteiger charge is -2.36. The molecule has 26 heavy (non-hydrogen) atoms. The van der Waals surface area contributed by atoms with Gasteiger partial charge in [-0.2, -0.15) is 0 Å². The first kappa shape index (κ1) is 18.6. The molecule has 0 aliphatic heterocycles. The number of amides is 2. The summed E-state index contributed by atoms with van der Waals surface area (Å²) in [6.45, 7) is 0. The molecule has 1 saturated carbocycles. The molecule has 1 aliphatic rings. The molecule has 4 nitrogen and oxygen atoms in total. The summed E-state index contributed by atoms with van der Waals surface area (Å²) in [7, 11) is 1.70. The third-order valence-corrected chi connectivity index (χ3v) is 5.70. The average molecular weight is 415 g/mol. The molecule has 3 rings (SSSR count). The Hall–Kier alpha value is -2.14. The van der Waals surface area contributed by atoms with Crippen LogP contribution >= 0.6 is 15.9 Å². The molecule has 0 unspecified atom stereocenters. The highest BCUT2D eigenvalue weighted by molar-refractivity contribution is 9.10. The highest BCUT2D eigenvalue weighted by Gasteiger charge is 2.40. The van der Waals surface area contributed by atoms with Crippen LogP contribution in [0.2, 0.25) is 0 Å². The Kier molecular flexibility index (Phi) is 5.77. The fourth-order valence-electron chi connectivity index (χ4n) is 3.72. The Labute approximate surface area is 162 Å². The van der Waals surface area contributed by atoms with E-state index in [1.165, 1.54) is 6.42 Å². The first-order valence-corrected chi connectivity index (χ1v) is 9.74. The number of hydrogen-bond donors (Lipinski definition) is 2. The third kappa shape index (κ3) is 3.83. The summed E-state index contributed by atoms with van der Waals surface area (Å²) in [6, 6.07) is 14.9. The van der Waals surface area contributed by atoms with Gasteiger partial charge in [0.05, 0.1) is 5.41 Å². The number of nitrogens with one attached hydrogen (secondary N) is 2. The van der Waals surface area contributed by atoms with Gasteiger partial charge in [-0.1, -0.05) is 47.3 Å². The van der Waals surface area contributed by atoms with Crippen LogP contribution in [0.15, 0.2) is 53.0 Å². The van der Waals surface area contributed by atoms with E-state index in [0.29, 0.717) is 5.56 Å². The molecule has 0 spiro atoms. The van der Waals surface area contributed by atoms with Gasteiger partial charge in [-0.05, 0) is 54.8 Å². The smallest absolute Gasteiger partial charge is 0.255 e. The number of rotatable bonds is 4. The second-order valence-electron chi connectivity index (χ2n) is 6.76. The number of carbonyl (C=O) groups excluding carboxylic acids is 2. The van der Waals surface area contributed by atoms with Crippen molar-refractivity contribution in [2.45, 2.75) is 37.5 Å². The molecule has 2 aromatic carbocycles. The summed E-state index contributed by atoms with van der Waals surface area (Å²) >= 11 is 3.37. The van der Waals surface area contributed by atoms with Gasteiger partial charge in [0, 0.05) is 22.8 Å². The highest BCUT2D eigenvalue weighted by Crippen LogP contribution is 2.40. The summed E-state index contributed by atoms with van der Waals surface area (Å²) in [5.41, 5.74) is 1.91. The van der Waals surface area contributed by atoms with Crippen molar-refractivity contribution in [2.75, 3.05) is 12.4 Å². The van der Waals surface area contributed by atoms with Crippen LogP contribution in [0.25, 0.3) is 0 Å².